The van der Waals surface area contributed by atoms with E-state index < -0.39 is 0 Å². The number of carbonyl (C=O) groups excluding carboxylic acids is 1. The fraction of sp³-hybridized carbons (Fsp3) is 0.0909. The molecule has 1 aliphatic rings. The molecule has 14 heavy (non-hydrogen) atoms. The van der Waals surface area contributed by atoms with Gasteiger partial charge in [0.1, 0.15) is 0 Å². The minimum atomic E-state index is -0.0438. The summed E-state index contributed by atoms with van der Waals surface area (Å²) in [5, 5.41) is 3.86. The smallest absolute Gasteiger partial charge is 0.246 e. The average molecular weight is 186 g/mol. The molecule has 0 aliphatic carbocycles. The van der Waals surface area contributed by atoms with E-state index in [1.54, 1.807) is 0 Å². The highest BCUT2D eigenvalue weighted by atomic mass is 16.2. The maximum absolute atomic E-state index is 10.8. The first kappa shape index (κ1) is 8.69. The predicted molar refractivity (Wildman–Crippen MR) is 55.7 cm³/mol. The topological polar surface area (TPSA) is 41.5 Å². The molecule has 1 aromatic carbocycles. The number of benzene rings is 1. The molecule has 0 radical (unpaired) electrons. The Balaban J connectivity index is 2.05. The Labute approximate surface area is 82.1 Å². The molecule has 0 unspecified atom stereocenters. The van der Waals surface area contributed by atoms with E-state index in [1.165, 1.54) is 0 Å². The van der Waals surface area contributed by atoms with E-state index in [0.29, 0.717) is 6.42 Å². The van der Waals surface area contributed by atoms with Crippen molar-refractivity contribution in [1.29, 1.82) is 0 Å². The summed E-state index contributed by atoms with van der Waals surface area (Å²) in [5.74, 6) is -0.0438. The number of hydrogen-bond acceptors (Lipinski definition) is 2. The lowest BCUT2D eigenvalue weighted by Gasteiger charge is -1.90. The predicted octanol–water partition coefficient (Wildman–Crippen LogP) is 1.58. The molecule has 2 rings (SSSR count). The third kappa shape index (κ3) is 2.07. The van der Waals surface area contributed by atoms with Gasteiger partial charge in [-0.2, -0.15) is 5.10 Å². The van der Waals surface area contributed by atoms with Gasteiger partial charge in [0.2, 0.25) is 5.91 Å². The van der Waals surface area contributed by atoms with Gasteiger partial charge in [-0.1, -0.05) is 36.4 Å². The van der Waals surface area contributed by atoms with Crippen molar-refractivity contribution in [3.05, 3.63) is 42.0 Å². The van der Waals surface area contributed by atoms with Crippen LogP contribution in [0.1, 0.15) is 12.0 Å². The zero-order valence-electron chi connectivity index (χ0n) is 7.60. The van der Waals surface area contributed by atoms with Crippen LogP contribution in [0.25, 0.3) is 6.08 Å². The maximum Gasteiger partial charge on any atom is 0.246 e. The lowest BCUT2D eigenvalue weighted by atomic mass is 10.2. The second-order valence-corrected chi connectivity index (χ2v) is 3.06. The zero-order valence-corrected chi connectivity index (χ0v) is 7.60. The molecule has 1 amide bonds. The van der Waals surface area contributed by atoms with E-state index in [4.69, 9.17) is 0 Å². The number of carbonyl (C=O) groups is 1. The van der Waals surface area contributed by atoms with Gasteiger partial charge in [-0.05, 0) is 11.6 Å². The molecule has 0 spiro atoms. The lowest BCUT2D eigenvalue weighted by Crippen LogP contribution is -2.08. The van der Waals surface area contributed by atoms with Crippen LogP contribution >= 0.6 is 0 Å². The van der Waals surface area contributed by atoms with Crippen molar-refractivity contribution < 1.29 is 4.79 Å². The Morgan fingerprint density at radius 1 is 1.21 bits per heavy atom. The van der Waals surface area contributed by atoms with E-state index in [-0.39, 0.29) is 5.91 Å². The van der Waals surface area contributed by atoms with Gasteiger partial charge in [-0.3, -0.25) is 4.79 Å². The summed E-state index contributed by atoms with van der Waals surface area (Å²) in [7, 11) is 0. The molecule has 1 N–H and O–H groups in total. The Morgan fingerprint density at radius 2 is 2.00 bits per heavy atom. The summed E-state index contributed by atoms with van der Waals surface area (Å²) in [4.78, 5) is 10.8. The number of allylic oxidation sites excluding steroid dienone is 1. The maximum atomic E-state index is 10.8. The van der Waals surface area contributed by atoms with E-state index in [1.807, 2.05) is 42.5 Å². The van der Waals surface area contributed by atoms with Crippen LogP contribution in [0.15, 0.2) is 41.5 Å². The molecule has 0 atom stereocenters. The van der Waals surface area contributed by atoms with Crippen molar-refractivity contribution in [1.82, 2.24) is 5.43 Å². The quantitative estimate of drug-likeness (QED) is 0.748. The van der Waals surface area contributed by atoms with Crippen LogP contribution in [0.4, 0.5) is 0 Å². The molecule has 0 saturated carbocycles. The third-order valence-electron chi connectivity index (χ3n) is 1.93. The summed E-state index contributed by atoms with van der Waals surface area (Å²) in [6.07, 6.45) is 4.18. The minimum Gasteiger partial charge on any atom is -0.273 e. The van der Waals surface area contributed by atoms with Crippen LogP contribution in [0, 0.1) is 0 Å². The van der Waals surface area contributed by atoms with Crippen LogP contribution in [-0.2, 0) is 4.79 Å². The van der Waals surface area contributed by atoms with Crippen molar-refractivity contribution in [3.8, 4) is 0 Å². The molecular weight excluding hydrogens is 176 g/mol. The van der Waals surface area contributed by atoms with Crippen LogP contribution in [0.2, 0.25) is 0 Å². The van der Waals surface area contributed by atoms with Crippen molar-refractivity contribution in [3.63, 3.8) is 0 Å². The van der Waals surface area contributed by atoms with Crippen molar-refractivity contribution >= 4 is 17.7 Å². The van der Waals surface area contributed by atoms with Gasteiger partial charge in [-0.25, -0.2) is 5.43 Å². The van der Waals surface area contributed by atoms with Crippen molar-refractivity contribution in [2.75, 3.05) is 0 Å². The highest BCUT2D eigenvalue weighted by Crippen LogP contribution is 2.03. The van der Waals surface area contributed by atoms with Gasteiger partial charge < -0.3 is 0 Å². The molecule has 0 fully saturated rings. The molecule has 1 aliphatic heterocycles. The zero-order chi connectivity index (χ0) is 9.80. The fourth-order valence-corrected chi connectivity index (χ4v) is 1.23. The van der Waals surface area contributed by atoms with Crippen molar-refractivity contribution in [2.45, 2.75) is 6.42 Å². The lowest BCUT2D eigenvalue weighted by molar-refractivity contribution is -0.119. The SMILES string of the molecule is O=C1CC(/C=C/c2ccccc2)=NN1. The van der Waals surface area contributed by atoms with E-state index in [9.17, 15) is 4.79 Å². The van der Waals surface area contributed by atoms with Gasteiger partial charge in [-0.15, -0.1) is 0 Å². The van der Waals surface area contributed by atoms with Crippen molar-refractivity contribution in [2.24, 2.45) is 5.10 Å². The van der Waals surface area contributed by atoms with Gasteiger partial charge in [0.15, 0.2) is 0 Å². The Kier molecular flexibility index (Phi) is 2.40. The fourth-order valence-electron chi connectivity index (χ4n) is 1.23. The first-order valence-corrected chi connectivity index (χ1v) is 4.43. The summed E-state index contributed by atoms with van der Waals surface area (Å²) in [6, 6.07) is 9.91. The molecule has 70 valence electrons. The Morgan fingerprint density at radius 3 is 2.64 bits per heavy atom. The van der Waals surface area contributed by atoms with Gasteiger partial charge >= 0.3 is 0 Å². The van der Waals surface area contributed by atoms with Crippen LogP contribution in [0.5, 0.6) is 0 Å². The first-order chi connectivity index (χ1) is 6.84. The number of amides is 1. The molecule has 1 heterocycles. The van der Waals surface area contributed by atoms with E-state index in [0.717, 1.165) is 11.3 Å². The monoisotopic (exact) mass is 186 g/mol. The summed E-state index contributed by atoms with van der Waals surface area (Å²) < 4.78 is 0. The van der Waals surface area contributed by atoms with E-state index in [2.05, 4.69) is 10.5 Å². The molecule has 0 bridgehead atoms. The number of hydrogen-bond donors (Lipinski definition) is 1. The number of rotatable bonds is 2. The standard InChI is InChI=1S/C11H10N2O/c14-11-8-10(12-13-11)7-6-9-4-2-1-3-5-9/h1-7H,8H2,(H,13,14)/b7-6+. The highest BCUT2D eigenvalue weighted by Gasteiger charge is 2.10. The summed E-state index contributed by atoms with van der Waals surface area (Å²) >= 11 is 0. The molecular formula is C11H10N2O. The summed E-state index contributed by atoms with van der Waals surface area (Å²) in [5.41, 5.74) is 4.29. The second-order valence-electron chi connectivity index (χ2n) is 3.06. The largest absolute Gasteiger partial charge is 0.273 e. The van der Waals surface area contributed by atoms with Gasteiger partial charge in [0.25, 0.3) is 0 Å². The molecule has 1 aromatic rings. The first-order valence-electron chi connectivity index (χ1n) is 4.43. The molecule has 3 heteroatoms. The van der Waals surface area contributed by atoms with Gasteiger partial charge in [0.05, 0.1) is 12.1 Å². The summed E-state index contributed by atoms with van der Waals surface area (Å²) in [6.45, 7) is 0. The van der Waals surface area contributed by atoms with Crippen LogP contribution < -0.4 is 5.43 Å². The second kappa shape index (κ2) is 3.87. The van der Waals surface area contributed by atoms with Gasteiger partial charge in [0, 0.05) is 0 Å². The van der Waals surface area contributed by atoms with Crippen LogP contribution in [-0.4, -0.2) is 11.6 Å². The molecule has 3 nitrogen and oxygen atoms in total. The van der Waals surface area contributed by atoms with E-state index >= 15 is 0 Å². The third-order valence-corrected chi connectivity index (χ3v) is 1.93. The minimum absolute atomic E-state index is 0.0438. The number of hydrazone groups is 1. The number of nitrogens with zero attached hydrogens (tertiary/aromatic N) is 1. The molecule has 0 saturated heterocycles. The Hall–Kier alpha value is -1.90. The number of nitrogens with one attached hydrogen (secondary N) is 1. The average Bonchev–Trinajstić information content (AvgIpc) is 2.63. The molecule has 0 aromatic heterocycles. The normalized spacial score (nSPS) is 15.7. The van der Waals surface area contributed by atoms with Crippen LogP contribution in [0.3, 0.4) is 0 Å². The highest BCUT2D eigenvalue weighted by molar-refractivity contribution is 6.11. The Bertz CT molecular complexity index is 393.